The lowest BCUT2D eigenvalue weighted by Gasteiger charge is -1.95. The number of rotatable bonds is 3. The minimum absolute atomic E-state index is 0.0163. The maximum absolute atomic E-state index is 10.1. The number of aryl methyl sites for hydroxylation is 1. The largest absolute Gasteiger partial charge is 0.481 e. The van der Waals surface area contributed by atoms with Crippen LogP contribution in [0.2, 0.25) is 0 Å². The Morgan fingerprint density at radius 1 is 1.73 bits per heavy atom. The van der Waals surface area contributed by atoms with Crippen molar-refractivity contribution >= 4 is 5.97 Å². The van der Waals surface area contributed by atoms with Gasteiger partial charge in [0.1, 0.15) is 5.82 Å². The van der Waals surface area contributed by atoms with Crippen molar-refractivity contribution in [1.82, 2.24) is 9.71 Å². The van der Waals surface area contributed by atoms with Crippen LogP contribution in [0.25, 0.3) is 0 Å². The lowest BCUT2D eigenvalue weighted by Crippen LogP contribution is -2.03. The van der Waals surface area contributed by atoms with Crippen molar-refractivity contribution in [2.24, 2.45) is 0 Å². The zero-order valence-electron chi connectivity index (χ0n) is 5.77. The van der Waals surface area contributed by atoms with Gasteiger partial charge in [-0.1, -0.05) is 0 Å². The monoisotopic (exact) mass is 156 g/mol. The van der Waals surface area contributed by atoms with Crippen LogP contribution in [-0.4, -0.2) is 26.0 Å². The van der Waals surface area contributed by atoms with E-state index in [0.29, 0.717) is 5.82 Å². The Balaban J connectivity index is 2.51. The first kappa shape index (κ1) is 7.59. The second kappa shape index (κ2) is 3.05. The molecule has 5 nitrogen and oxygen atoms in total. The quantitative estimate of drug-likeness (QED) is 0.610. The number of hydrogen-bond donors (Lipinski definition) is 2. The van der Waals surface area contributed by atoms with Gasteiger partial charge in [-0.25, -0.2) is 4.98 Å². The fourth-order valence-corrected chi connectivity index (χ4v) is 0.726. The van der Waals surface area contributed by atoms with Gasteiger partial charge >= 0.3 is 5.97 Å². The summed E-state index contributed by atoms with van der Waals surface area (Å²) in [6.45, 7) is 0. The summed E-state index contributed by atoms with van der Waals surface area (Å²) in [6.07, 6.45) is 3.00. The molecular formula is C6H8N2O3. The van der Waals surface area contributed by atoms with Gasteiger partial charge in [0, 0.05) is 12.6 Å². The average Bonchev–Trinajstić information content (AvgIpc) is 2.31. The van der Waals surface area contributed by atoms with Crippen molar-refractivity contribution in [2.75, 3.05) is 0 Å². The molecule has 0 bridgehead atoms. The molecule has 0 unspecified atom stereocenters. The van der Waals surface area contributed by atoms with Crippen molar-refractivity contribution in [3.8, 4) is 0 Å². The predicted octanol–water partition coefficient (Wildman–Crippen LogP) is 0.138. The SMILES string of the molecule is O=C(O)CCc1nccn1O. The highest BCUT2D eigenvalue weighted by atomic mass is 16.5. The summed E-state index contributed by atoms with van der Waals surface area (Å²) in [6, 6.07) is 0. The predicted molar refractivity (Wildman–Crippen MR) is 35.4 cm³/mol. The lowest BCUT2D eigenvalue weighted by molar-refractivity contribution is -0.137. The molecule has 1 aromatic rings. The van der Waals surface area contributed by atoms with Crippen molar-refractivity contribution in [3.05, 3.63) is 18.2 Å². The molecule has 2 N–H and O–H groups in total. The number of imidazole rings is 1. The first-order valence-electron chi connectivity index (χ1n) is 3.13. The molecule has 0 aliphatic carbocycles. The zero-order valence-corrected chi connectivity index (χ0v) is 5.77. The van der Waals surface area contributed by atoms with Gasteiger partial charge in [0.25, 0.3) is 0 Å². The van der Waals surface area contributed by atoms with Crippen LogP contribution in [0.4, 0.5) is 0 Å². The van der Waals surface area contributed by atoms with Crippen LogP contribution in [0.3, 0.4) is 0 Å². The molecule has 0 spiro atoms. The fraction of sp³-hybridized carbons (Fsp3) is 0.333. The summed E-state index contributed by atoms with van der Waals surface area (Å²) in [5.41, 5.74) is 0. The van der Waals surface area contributed by atoms with Crippen LogP contribution >= 0.6 is 0 Å². The van der Waals surface area contributed by atoms with Gasteiger partial charge < -0.3 is 10.3 Å². The van der Waals surface area contributed by atoms with Gasteiger partial charge in [0.15, 0.2) is 0 Å². The molecule has 1 aromatic heterocycles. The van der Waals surface area contributed by atoms with Gasteiger partial charge in [-0.3, -0.25) is 4.79 Å². The molecule has 1 heterocycles. The van der Waals surface area contributed by atoms with Crippen molar-refractivity contribution in [2.45, 2.75) is 12.8 Å². The van der Waals surface area contributed by atoms with Crippen molar-refractivity contribution in [3.63, 3.8) is 0 Å². The first-order valence-corrected chi connectivity index (χ1v) is 3.13. The van der Waals surface area contributed by atoms with E-state index in [1.165, 1.54) is 12.4 Å². The summed E-state index contributed by atoms with van der Waals surface area (Å²) in [5.74, 6) is -0.527. The second-order valence-electron chi connectivity index (χ2n) is 2.08. The summed E-state index contributed by atoms with van der Waals surface area (Å²) in [4.78, 5) is 13.8. The third-order valence-electron chi connectivity index (χ3n) is 1.26. The highest BCUT2D eigenvalue weighted by molar-refractivity contribution is 5.66. The van der Waals surface area contributed by atoms with Crippen LogP contribution in [-0.2, 0) is 11.2 Å². The van der Waals surface area contributed by atoms with Crippen LogP contribution < -0.4 is 0 Å². The minimum atomic E-state index is -0.895. The maximum Gasteiger partial charge on any atom is 0.303 e. The number of carbonyl (C=O) groups is 1. The Kier molecular flexibility index (Phi) is 2.10. The Morgan fingerprint density at radius 3 is 2.91 bits per heavy atom. The molecule has 0 aliphatic heterocycles. The molecule has 1 rings (SSSR count). The van der Waals surface area contributed by atoms with E-state index in [-0.39, 0.29) is 12.8 Å². The minimum Gasteiger partial charge on any atom is -0.481 e. The molecule has 0 aromatic carbocycles. The standard InChI is InChI=1S/C6H8N2O3/c9-6(10)2-1-5-7-3-4-8(5)11/h3-4,11H,1-2H2,(H,9,10). The van der Waals surface area contributed by atoms with E-state index >= 15 is 0 Å². The van der Waals surface area contributed by atoms with Crippen molar-refractivity contribution in [1.29, 1.82) is 0 Å². The fourth-order valence-electron chi connectivity index (χ4n) is 0.726. The van der Waals surface area contributed by atoms with Crippen LogP contribution in [0.15, 0.2) is 12.4 Å². The molecule has 0 fully saturated rings. The zero-order chi connectivity index (χ0) is 8.27. The van der Waals surface area contributed by atoms with Gasteiger partial charge in [0.05, 0.1) is 12.6 Å². The van der Waals surface area contributed by atoms with Gasteiger partial charge in [0.2, 0.25) is 0 Å². The second-order valence-corrected chi connectivity index (χ2v) is 2.08. The number of nitrogens with zero attached hydrogens (tertiary/aromatic N) is 2. The highest BCUT2D eigenvalue weighted by Crippen LogP contribution is 1.97. The molecule has 60 valence electrons. The molecule has 0 amide bonds. The number of aliphatic carboxylic acids is 1. The molecule has 0 atom stereocenters. The molecule has 5 heteroatoms. The number of carboxylic acid groups (broad SMARTS) is 1. The summed E-state index contributed by atoms with van der Waals surface area (Å²) >= 11 is 0. The number of aromatic nitrogens is 2. The highest BCUT2D eigenvalue weighted by Gasteiger charge is 2.03. The van der Waals surface area contributed by atoms with E-state index in [0.717, 1.165) is 4.73 Å². The summed E-state index contributed by atoms with van der Waals surface area (Å²) in [5, 5.41) is 17.2. The molecule has 0 saturated carbocycles. The third-order valence-corrected chi connectivity index (χ3v) is 1.26. The Labute approximate surface area is 62.9 Å². The maximum atomic E-state index is 10.1. The smallest absolute Gasteiger partial charge is 0.303 e. The van der Waals surface area contributed by atoms with E-state index in [1.54, 1.807) is 0 Å². The summed E-state index contributed by atoms with van der Waals surface area (Å²) in [7, 11) is 0. The lowest BCUT2D eigenvalue weighted by atomic mass is 10.3. The average molecular weight is 156 g/mol. The molecular weight excluding hydrogens is 148 g/mol. The van der Waals surface area contributed by atoms with E-state index < -0.39 is 5.97 Å². The van der Waals surface area contributed by atoms with E-state index in [9.17, 15) is 4.79 Å². The molecule has 0 aliphatic rings. The van der Waals surface area contributed by atoms with Gasteiger partial charge in [-0.2, -0.15) is 4.73 Å². The summed E-state index contributed by atoms with van der Waals surface area (Å²) < 4.78 is 0.822. The van der Waals surface area contributed by atoms with Gasteiger partial charge in [-0.15, -0.1) is 0 Å². The van der Waals surface area contributed by atoms with Crippen LogP contribution in [0.5, 0.6) is 0 Å². The number of hydrogen-bond acceptors (Lipinski definition) is 3. The van der Waals surface area contributed by atoms with Crippen LogP contribution in [0, 0.1) is 0 Å². The van der Waals surface area contributed by atoms with E-state index in [4.69, 9.17) is 10.3 Å². The first-order chi connectivity index (χ1) is 5.20. The number of carboxylic acids is 1. The van der Waals surface area contributed by atoms with Crippen molar-refractivity contribution < 1.29 is 15.1 Å². The Morgan fingerprint density at radius 2 is 2.45 bits per heavy atom. The normalized spacial score (nSPS) is 9.82. The van der Waals surface area contributed by atoms with Gasteiger partial charge in [-0.05, 0) is 0 Å². The van der Waals surface area contributed by atoms with E-state index in [2.05, 4.69) is 4.98 Å². The third kappa shape index (κ3) is 1.96. The molecule has 11 heavy (non-hydrogen) atoms. The molecule has 0 radical (unpaired) electrons. The van der Waals surface area contributed by atoms with E-state index in [1.807, 2.05) is 0 Å². The van der Waals surface area contributed by atoms with Crippen LogP contribution in [0.1, 0.15) is 12.2 Å². The Hall–Kier alpha value is -1.52. The topological polar surface area (TPSA) is 75.3 Å². The molecule has 0 saturated heterocycles. The Bertz CT molecular complexity index is 256.